The molecule has 0 aliphatic heterocycles. The number of hydrogen-bond acceptors (Lipinski definition) is 3. The summed E-state index contributed by atoms with van der Waals surface area (Å²) in [5, 5.41) is 3.36. The van der Waals surface area contributed by atoms with Crippen molar-refractivity contribution in [3.8, 4) is 0 Å². The molecule has 0 aromatic carbocycles. The van der Waals surface area contributed by atoms with Crippen molar-refractivity contribution in [3.63, 3.8) is 0 Å². The lowest BCUT2D eigenvalue weighted by atomic mass is 10.1. The highest BCUT2D eigenvalue weighted by Gasteiger charge is 2.06. The van der Waals surface area contributed by atoms with Crippen LogP contribution in [0.2, 0.25) is 0 Å². The van der Waals surface area contributed by atoms with Crippen LogP contribution in [0.5, 0.6) is 0 Å². The van der Waals surface area contributed by atoms with Crippen molar-refractivity contribution in [3.05, 3.63) is 18.1 Å². The summed E-state index contributed by atoms with van der Waals surface area (Å²) < 4.78 is 0. The molecule has 0 aliphatic carbocycles. The predicted octanol–water partition coefficient (Wildman–Crippen LogP) is 3.20. The SMILES string of the molecule is CCC(C)Nc1cc(C(C)CC)ncn1. The number of aromatic nitrogens is 2. The molecule has 2 atom stereocenters. The molecule has 84 valence electrons. The zero-order valence-electron chi connectivity index (χ0n) is 10.1. The highest BCUT2D eigenvalue weighted by Crippen LogP contribution is 2.18. The van der Waals surface area contributed by atoms with Crippen LogP contribution in [0.25, 0.3) is 0 Å². The van der Waals surface area contributed by atoms with E-state index in [-0.39, 0.29) is 0 Å². The topological polar surface area (TPSA) is 37.8 Å². The maximum Gasteiger partial charge on any atom is 0.129 e. The summed E-state index contributed by atoms with van der Waals surface area (Å²) >= 11 is 0. The number of anilines is 1. The Morgan fingerprint density at radius 3 is 2.53 bits per heavy atom. The largest absolute Gasteiger partial charge is 0.368 e. The molecule has 0 aliphatic rings. The Morgan fingerprint density at radius 1 is 1.20 bits per heavy atom. The minimum atomic E-state index is 0.463. The van der Waals surface area contributed by atoms with Gasteiger partial charge in [-0.2, -0.15) is 0 Å². The summed E-state index contributed by atoms with van der Waals surface area (Å²) in [7, 11) is 0. The lowest BCUT2D eigenvalue weighted by Crippen LogP contribution is -2.15. The first-order valence-corrected chi connectivity index (χ1v) is 5.75. The van der Waals surface area contributed by atoms with Crippen molar-refractivity contribution in [1.82, 2.24) is 9.97 Å². The zero-order valence-corrected chi connectivity index (χ0v) is 10.1. The minimum Gasteiger partial charge on any atom is -0.368 e. The van der Waals surface area contributed by atoms with E-state index >= 15 is 0 Å². The monoisotopic (exact) mass is 207 g/mol. The first-order chi connectivity index (χ1) is 7.17. The lowest BCUT2D eigenvalue weighted by molar-refractivity contribution is 0.701. The second-order valence-corrected chi connectivity index (χ2v) is 4.09. The molecule has 1 aromatic heterocycles. The van der Waals surface area contributed by atoms with E-state index in [0.717, 1.165) is 24.4 Å². The molecule has 1 aromatic rings. The molecule has 15 heavy (non-hydrogen) atoms. The smallest absolute Gasteiger partial charge is 0.129 e. The fraction of sp³-hybridized carbons (Fsp3) is 0.667. The highest BCUT2D eigenvalue weighted by molar-refractivity contribution is 5.36. The third-order valence-corrected chi connectivity index (χ3v) is 2.81. The van der Waals surface area contributed by atoms with Gasteiger partial charge in [-0.3, -0.25) is 0 Å². The predicted molar refractivity (Wildman–Crippen MR) is 64.1 cm³/mol. The van der Waals surface area contributed by atoms with Crippen LogP contribution in [0.15, 0.2) is 12.4 Å². The Bertz CT molecular complexity index is 299. The van der Waals surface area contributed by atoms with Gasteiger partial charge in [0, 0.05) is 17.8 Å². The third-order valence-electron chi connectivity index (χ3n) is 2.81. The van der Waals surface area contributed by atoms with Crippen LogP contribution in [0.4, 0.5) is 5.82 Å². The fourth-order valence-electron chi connectivity index (χ4n) is 1.28. The highest BCUT2D eigenvalue weighted by atomic mass is 15.0. The Hall–Kier alpha value is -1.12. The Labute approximate surface area is 92.3 Å². The Kier molecular flexibility index (Phi) is 4.53. The first-order valence-electron chi connectivity index (χ1n) is 5.75. The van der Waals surface area contributed by atoms with Crippen LogP contribution in [0.1, 0.15) is 52.1 Å². The van der Waals surface area contributed by atoms with E-state index in [4.69, 9.17) is 0 Å². The third kappa shape index (κ3) is 3.50. The molecule has 0 radical (unpaired) electrons. The van der Waals surface area contributed by atoms with Gasteiger partial charge in [-0.25, -0.2) is 9.97 Å². The van der Waals surface area contributed by atoms with E-state index in [1.807, 2.05) is 0 Å². The number of hydrogen-bond donors (Lipinski definition) is 1. The summed E-state index contributed by atoms with van der Waals surface area (Å²) in [5.41, 5.74) is 1.12. The quantitative estimate of drug-likeness (QED) is 0.805. The van der Waals surface area contributed by atoms with Crippen molar-refractivity contribution in [2.75, 3.05) is 5.32 Å². The molecule has 1 rings (SSSR count). The van der Waals surface area contributed by atoms with Crippen molar-refractivity contribution in [1.29, 1.82) is 0 Å². The van der Waals surface area contributed by atoms with Gasteiger partial charge in [0.1, 0.15) is 12.1 Å². The van der Waals surface area contributed by atoms with Gasteiger partial charge < -0.3 is 5.32 Å². The van der Waals surface area contributed by atoms with Crippen LogP contribution in [-0.2, 0) is 0 Å². The van der Waals surface area contributed by atoms with E-state index in [9.17, 15) is 0 Å². The van der Waals surface area contributed by atoms with Gasteiger partial charge in [-0.15, -0.1) is 0 Å². The lowest BCUT2D eigenvalue weighted by Gasteiger charge is -2.14. The average Bonchev–Trinajstić information content (AvgIpc) is 2.28. The fourth-order valence-corrected chi connectivity index (χ4v) is 1.28. The van der Waals surface area contributed by atoms with E-state index in [1.54, 1.807) is 6.33 Å². The summed E-state index contributed by atoms with van der Waals surface area (Å²) in [6.07, 6.45) is 3.86. The molecule has 3 nitrogen and oxygen atoms in total. The molecule has 0 spiro atoms. The van der Waals surface area contributed by atoms with E-state index in [2.05, 4.69) is 49.0 Å². The zero-order chi connectivity index (χ0) is 11.3. The van der Waals surface area contributed by atoms with Gasteiger partial charge in [-0.1, -0.05) is 20.8 Å². The molecule has 3 heteroatoms. The van der Waals surface area contributed by atoms with Crippen LogP contribution < -0.4 is 5.32 Å². The van der Waals surface area contributed by atoms with Crippen LogP contribution >= 0.6 is 0 Å². The Morgan fingerprint density at radius 2 is 1.93 bits per heavy atom. The average molecular weight is 207 g/mol. The van der Waals surface area contributed by atoms with Crippen molar-refractivity contribution in [2.45, 2.75) is 52.5 Å². The maximum absolute atomic E-state index is 4.29. The minimum absolute atomic E-state index is 0.463. The molecular formula is C12H21N3. The van der Waals surface area contributed by atoms with Crippen molar-refractivity contribution < 1.29 is 0 Å². The van der Waals surface area contributed by atoms with Crippen LogP contribution in [0, 0.1) is 0 Å². The second-order valence-electron chi connectivity index (χ2n) is 4.09. The van der Waals surface area contributed by atoms with E-state index in [1.165, 1.54) is 0 Å². The molecule has 1 N–H and O–H groups in total. The first kappa shape index (κ1) is 12.0. The standard InChI is InChI=1S/C12H21N3/c1-5-9(3)11-7-12(14-8-13-11)15-10(4)6-2/h7-10H,5-6H2,1-4H3,(H,13,14,15). The van der Waals surface area contributed by atoms with Crippen molar-refractivity contribution >= 4 is 5.82 Å². The van der Waals surface area contributed by atoms with Crippen LogP contribution in [-0.4, -0.2) is 16.0 Å². The normalized spacial score (nSPS) is 14.7. The maximum atomic E-state index is 4.29. The van der Waals surface area contributed by atoms with Gasteiger partial charge in [0.25, 0.3) is 0 Å². The number of nitrogens with one attached hydrogen (secondary N) is 1. The molecule has 0 bridgehead atoms. The number of rotatable bonds is 5. The van der Waals surface area contributed by atoms with Gasteiger partial charge >= 0.3 is 0 Å². The van der Waals surface area contributed by atoms with E-state index in [0.29, 0.717) is 12.0 Å². The second kappa shape index (κ2) is 5.69. The molecule has 2 unspecified atom stereocenters. The molecule has 0 saturated heterocycles. The molecule has 1 heterocycles. The summed E-state index contributed by atoms with van der Waals surface area (Å²) in [5.74, 6) is 1.44. The van der Waals surface area contributed by atoms with Gasteiger partial charge in [0.05, 0.1) is 0 Å². The van der Waals surface area contributed by atoms with Gasteiger partial charge in [-0.05, 0) is 25.7 Å². The summed E-state index contributed by atoms with van der Waals surface area (Å²) in [6.45, 7) is 8.68. The molecule has 0 fully saturated rings. The van der Waals surface area contributed by atoms with Gasteiger partial charge in [0.2, 0.25) is 0 Å². The number of nitrogens with zero attached hydrogens (tertiary/aromatic N) is 2. The van der Waals surface area contributed by atoms with Crippen molar-refractivity contribution in [2.24, 2.45) is 0 Å². The summed E-state index contributed by atoms with van der Waals surface area (Å²) in [6, 6.07) is 2.52. The van der Waals surface area contributed by atoms with E-state index < -0.39 is 0 Å². The van der Waals surface area contributed by atoms with Crippen LogP contribution in [0.3, 0.4) is 0 Å². The molecular weight excluding hydrogens is 186 g/mol. The van der Waals surface area contributed by atoms with Gasteiger partial charge in [0.15, 0.2) is 0 Å². The molecule has 0 amide bonds. The summed E-state index contributed by atoms with van der Waals surface area (Å²) in [4.78, 5) is 8.51. The Balaban J connectivity index is 2.74. The molecule has 0 saturated carbocycles.